The highest BCUT2D eigenvalue weighted by molar-refractivity contribution is 5.95. The molecular weight excluding hydrogens is 405 g/mol. The van der Waals surface area contributed by atoms with Crippen molar-refractivity contribution in [2.24, 2.45) is 0 Å². The molecule has 4 aromatic rings. The monoisotopic (exact) mass is 427 g/mol. The van der Waals surface area contributed by atoms with Crippen molar-refractivity contribution < 1.29 is 9.18 Å². The first-order valence-corrected chi connectivity index (χ1v) is 10.6. The summed E-state index contributed by atoms with van der Waals surface area (Å²) in [4.78, 5) is 18.6. The Hall–Kier alpha value is -3.71. The molecule has 0 bridgehead atoms. The van der Waals surface area contributed by atoms with Gasteiger partial charge in [0.1, 0.15) is 5.82 Å². The molecule has 160 valence electrons. The second-order valence-electron chi connectivity index (χ2n) is 8.01. The molecule has 2 aromatic carbocycles. The predicted octanol–water partition coefficient (Wildman–Crippen LogP) is 3.37. The van der Waals surface area contributed by atoms with E-state index >= 15 is 0 Å². The van der Waals surface area contributed by atoms with Crippen LogP contribution in [-0.4, -0.2) is 45.1 Å². The zero-order valence-electron chi connectivity index (χ0n) is 17.4. The Kier molecular flexibility index (Phi) is 5.56. The number of nitrogens with one attached hydrogen (secondary N) is 1. The Morgan fingerprint density at radius 1 is 1.06 bits per heavy atom. The van der Waals surface area contributed by atoms with E-state index in [-0.39, 0.29) is 17.5 Å². The summed E-state index contributed by atoms with van der Waals surface area (Å²) in [5, 5.41) is 13.8. The number of fused-ring (bicyclic) bond motifs is 1. The fourth-order valence-corrected chi connectivity index (χ4v) is 3.96. The molecule has 2 aromatic heterocycles. The van der Waals surface area contributed by atoms with Gasteiger partial charge in [0.05, 0.1) is 17.5 Å². The molecule has 1 fully saturated rings. The molecule has 5 rings (SSSR count). The third kappa shape index (κ3) is 4.20. The van der Waals surface area contributed by atoms with Crippen LogP contribution in [0, 0.1) is 5.82 Å². The van der Waals surface area contributed by atoms with Crippen molar-refractivity contribution in [2.45, 2.75) is 19.0 Å². The fourth-order valence-electron chi connectivity index (χ4n) is 3.96. The summed E-state index contributed by atoms with van der Waals surface area (Å²) in [6.07, 6.45) is 5.72. The van der Waals surface area contributed by atoms with Crippen LogP contribution in [0.25, 0.3) is 10.8 Å². The average molecular weight is 427 g/mol. The maximum absolute atomic E-state index is 14.5. The molecule has 1 saturated heterocycles. The van der Waals surface area contributed by atoms with E-state index in [1.54, 1.807) is 35.6 Å². The minimum atomic E-state index is -0.504. The van der Waals surface area contributed by atoms with Gasteiger partial charge in [-0.25, -0.2) is 4.39 Å². The lowest BCUT2D eigenvalue weighted by Gasteiger charge is -2.40. The van der Waals surface area contributed by atoms with Crippen molar-refractivity contribution in [1.82, 2.24) is 25.4 Å². The number of rotatable bonds is 6. The van der Waals surface area contributed by atoms with Gasteiger partial charge in [-0.15, -0.1) is 0 Å². The van der Waals surface area contributed by atoms with Crippen LogP contribution in [0.1, 0.15) is 27.2 Å². The molecule has 0 saturated carbocycles. The summed E-state index contributed by atoms with van der Waals surface area (Å²) in [5.74, 6) is -0.786. The number of halogens is 1. The fraction of sp³-hybridized carbons (Fsp3) is 0.200. The highest BCUT2D eigenvalue weighted by Gasteiger charge is 2.32. The van der Waals surface area contributed by atoms with Gasteiger partial charge < -0.3 is 10.2 Å². The minimum absolute atomic E-state index is 0.100. The highest BCUT2D eigenvalue weighted by Crippen LogP contribution is 2.22. The third-order valence-electron chi connectivity index (χ3n) is 5.79. The number of carbonyl (C=O) groups excluding carboxylic acids is 1. The van der Waals surface area contributed by atoms with Crippen molar-refractivity contribution in [3.63, 3.8) is 0 Å². The van der Waals surface area contributed by atoms with Gasteiger partial charge in [-0.3, -0.25) is 9.78 Å². The van der Waals surface area contributed by atoms with E-state index < -0.39 is 5.82 Å². The molecule has 0 spiro atoms. The van der Waals surface area contributed by atoms with Crippen LogP contribution in [0.4, 0.5) is 4.39 Å². The number of pyridine rings is 1. The van der Waals surface area contributed by atoms with E-state index in [0.717, 1.165) is 27.6 Å². The predicted molar refractivity (Wildman–Crippen MR) is 120 cm³/mol. The number of likely N-dealkylation sites (tertiary alicyclic amines) is 1. The summed E-state index contributed by atoms with van der Waals surface area (Å²) in [6.45, 7) is 1.83. The molecule has 1 aliphatic heterocycles. The Morgan fingerprint density at radius 3 is 2.72 bits per heavy atom. The Bertz CT molecular complexity index is 1250. The second kappa shape index (κ2) is 8.80. The standard InChI is InChI=1S/C25H22FN5O/c26-23-6-5-18(12-24-21-4-2-1-3-19(21)14-29-30-24)11-22(23)25(32)31-15-20(16-31)28-13-17-7-9-27-10-8-17/h1-11,14,20,28H,12-13,15-16H2. The molecule has 1 aliphatic rings. The van der Waals surface area contributed by atoms with E-state index in [0.29, 0.717) is 26.1 Å². The van der Waals surface area contributed by atoms with Gasteiger partial charge in [-0.2, -0.15) is 10.2 Å². The largest absolute Gasteiger partial charge is 0.335 e. The zero-order chi connectivity index (χ0) is 21.9. The molecule has 0 radical (unpaired) electrons. The molecule has 1 amide bonds. The summed E-state index contributed by atoms with van der Waals surface area (Å²) in [5.41, 5.74) is 2.87. The van der Waals surface area contributed by atoms with Crippen LogP contribution >= 0.6 is 0 Å². The Labute approximate surface area is 185 Å². The first-order chi connectivity index (χ1) is 15.7. The number of hydrogen-bond donors (Lipinski definition) is 1. The van der Waals surface area contributed by atoms with Crippen LogP contribution in [0.2, 0.25) is 0 Å². The van der Waals surface area contributed by atoms with Gasteiger partial charge in [-0.1, -0.05) is 30.3 Å². The topological polar surface area (TPSA) is 71.0 Å². The van der Waals surface area contributed by atoms with Gasteiger partial charge in [0.15, 0.2) is 0 Å². The summed E-state index contributed by atoms with van der Waals surface area (Å²) in [7, 11) is 0. The SMILES string of the molecule is O=C(c1cc(Cc2nncc3ccccc23)ccc1F)N1CC(NCc2ccncc2)C1. The quantitative estimate of drug-likeness (QED) is 0.511. The molecule has 32 heavy (non-hydrogen) atoms. The van der Waals surface area contributed by atoms with Gasteiger partial charge in [0, 0.05) is 55.3 Å². The van der Waals surface area contributed by atoms with Gasteiger partial charge in [-0.05, 0) is 35.4 Å². The number of nitrogens with zero attached hydrogens (tertiary/aromatic N) is 4. The lowest BCUT2D eigenvalue weighted by Crippen LogP contribution is -2.59. The smallest absolute Gasteiger partial charge is 0.256 e. The molecule has 1 N–H and O–H groups in total. The molecule has 6 nitrogen and oxygen atoms in total. The second-order valence-corrected chi connectivity index (χ2v) is 8.01. The van der Waals surface area contributed by atoms with Gasteiger partial charge >= 0.3 is 0 Å². The number of amides is 1. The van der Waals surface area contributed by atoms with Crippen LogP contribution in [0.15, 0.2) is 73.2 Å². The maximum Gasteiger partial charge on any atom is 0.256 e. The maximum atomic E-state index is 14.5. The highest BCUT2D eigenvalue weighted by atomic mass is 19.1. The van der Waals surface area contributed by atoms with Crippen molar-refractivity contribution >= 4 is 16.7 Å². The first-order valence-electron chi connectivity index (χ1n) is 10.6. The van der Waals surface area contributed by atoms with Gasteiger partial charge in [0.2, 0.25) is 0 Å². The van der Waals surface area contributed by atoms with Crippen molar-refractivity contribution in [3.05, 3.63) is 101 Å². The minimum Gasteiger partial charge on any atom is -0.335 e. The molecule has 0 aliphatic carbocycles. The lowest BCUT2D eigenvalue weighted by atomic mass is 10.0. The molecular formula is C25H22FN5O. The molecule has 3 heterocycles. The Morgan fingerprint density at radius 2 is 1.88 bits per heavy atom. The van der Waals surface area contributed by atoms with Gasteiger partial charge in [0.25, 0.3) is 5.91 Å². The van der Waals surface area contributed by atoms with Crippen molar-refractivity contribution in [3.8, 4) is 0 Å². The van der Waals surface area contributed by atoms with Crippen molar-refractivity contribution in [2.75, 3.05) is 13.1 Å². The molecule has 7 heteroatoms. The van der Waals surface area contributed by atoms with Crippen LogP contribution in [-0.2, 0) is 13.0 Å². The zero-order valence-corrected chi connectivity index (χ0v) is 17.4. The summed E-state index contributed by atoms with van der Waals surface area (Å²) in [6, 6.07) is 16.7. The van der Waals surface area contributed by atoms with E-state index in [9.17, 15) is 9.18 Å². The van der Waals surface area contributed by atoms with E-state index in [1.807, 2.05) is 36.4 Å². The summed E-state index contributed by atoms with van der Waals surface area (Å²) >= 11 is 0. The number of aromatic nitrogens is 3. The lowest BCUT2D eigenvalue weighted by molar-refractivity contribution is 0.0561. The van der Waals surface area contributed by atoms with E-state index in [1.165, 1.54) is 6.07 Å². The third-order valence-corrected chi connectivity index (χ3v) is 5.79. The number of benzene rings is 2. The number of carbonyl (C=O) groups is 1. The number of hydrogen-bond acceptors (Lipinski definition) is 5. The van der Waals surface area contributed by atoms with E-state index in [2.05, 4.69) is 20.5 Å². The van der Waals surface area contributed by atoms with Crippen LogP contribution in [0.5, 0.6) is 0 Å². The summed E-state index contributed by atoms with van der Waals surface area (Å²) < 4.78 is 14.5. The van der Waals surface area contributed by atoms with Crippen LogP contribution < -0.4 is 5.32 Å². The average Bonchev–Trinajstić information content (AvgIpc) is 2.80. The first kappa shape index (κ1) is 20.2. The van der Waals surface area contributed by atoms with E-state index in [4.69, 9.17) is 0 Å². The molecule has 0 atom stereocenters. The van der Waals surface area contributed by atoms with Crippen molar-refractivity contribution in [1.29, 1.82) is 0 Å². The van der Waals surface area contributed by atoms with Crippen LogP contribution in [0.3, 0.4) is 0 Å². The normalized spacial score (nSPS) is 13.8. The molecule has 0 unspecified atom stereocenters. The Balaban J connectivity index is 1.25.